The first-order chi connectivity index (χ1) is 11.4. The first-order valence-electron chi connectivity index (χ1n) is 7.44. The Bertz CT molecular complexity index is 1010. The van der Waals surface area contributed by atoms with E-state index in [1.807, 2.05) is 32.0 Å². The molecule has 0 atom stereocenters. The van der Waals surface area contributed by atoms with Gasteiger partial charge in [0.05, 0.1) is 18.3 Å². The van der Waals surface area contributed by atoms with Crippen LogP contribution in [0.1, 0.15) is 11.3 Å². The highest BCUT2D eigenvalue weighted by Gasteiger charge is 2.21. The second kappa shape index (κ2) is 6.13. The SMILES string of the molecule is COc1ccc(C)cc1S(=O)(=O)Nc1cccc2ccc(C)nc12. The molecule has 0 saturated carbocycles. The third-order valence-corrected chi connectivity index (χ3v) is 5.10. The van der Waals surface area contributed by atoms with Crippen molar-refractivity contribution < 1.29 is 13.2 Å². The second-order valence-corrected chi connectivity index (χ2v) is 7.24. The number of benzene rings is 2. The molecule has 6 heteroatoms. The normalized spacial score (nSPS) is 11.5. The van der Waals surface area contributed by atoms with Crippen molar-refractivity contribution in [1.82, 2.24) is 4.98 Å². The lowest BCUT2D eigenvalue weighted by Crippen LogP contribution is -2.14. The Hall–Kier alpha value is -2.60. The molecule has 0 radical (unpaired) electrons. The molecule has 24 heavy (non-hydrogen) atoms. The Morgan fingerprint density at radius 1 is 1.04 bits per heavy atom. The van der Waals surface area contributed by atoms with E-state index in [0.29, 0.717) is 17.0 Å². The first-order valence-corrected chi connectivity index (χ1v) is 8.93. The van der Waals surface area contributed by atoms with E-state index in [1.54, 1.807) is 30.3 Å². The van der Waals surface area contributed by atoms with Gasteiger partial charge in [-0.3, -0.25) is 9.71 Å². The third kappa shape index (κ3) is 3.05. The summed E-state index contributed by atoms with van der Waals surface area (Å²) in [6, 6.07) is 14.3. The van der Waals surface area contributed by atoms with Crippen LogP contribution in [0.2, 0.25) is 0 Å². The minimum absolute atomic E-state index is 0.106. The molecule has 0 bridgehead atoms. The van der Waals surface area contributed by atoms with Crippen LogP contribution in [0.15, 0.2) is 53.4 Å². The highest BCUT2D eigenvalue weighted by atomic mass is 32.2. The van der Waals surface area contributed by atoms with Gasteiger partial charge in [0.1, 0.15) is 10.6 Å². The van der Waals surface area contributed by atoms with Gasteiger partial charge in [0.2, 0.25) is 0 Å². The van der Waals surface area contributed by atoms with Crippen molar-refractivity contribution in [1.29, 1.82) is 0 Å². The van der Waals surface area contributed by atoms with Crippen molar-refractivity contribution in [3.05, 3.63) is 59.8 Å². The molecule has 124 valence electrons. The Morgan fingerprint density at radius 3 is 2.58 bits per heavy atom. The smallest absolute Gasteiger partial charge is 0.265 e. The molecular weight excluding hydrogens is 324 g/mol. The summed E-state index contributed by atoms with van der Waals surface area (Å²) in [4.78, 5) is 4.56. The highest BCUT2D eigenvalue weighted by Crippen LogP contribution is 2.29. The Morgan fingerprint density at radius 2 is 1.83 bits per heavy atom. The van der Waals surface area contributed by atoms with Gasteiger partial charge in [-0.1, -0.05) is 24.3 Å². The Labute approximate surface area is 141 Å². The molecule has 0 aliphatic rings. The van der Waals surface area contributed by atoms with Crippen molar-refractivity contribution in [2.24, 2.45) is 0 Å². The largest absolute Gasteiger partial charge is 0.495 e. The van der Waals surface area contributed by atoms with E-state index in [-0.39, 0.29) is 4.90 Å². The summed E-state index contributed by atoms with van der Waals surface area (Å²) in [5.41, 5.74) is 2.72. The number of ether oxygens (including phenoxy) is 1. The number of nitrogens with zero attached hydrogens (tertiary/aromatic N) is 1. The van der Waals surface area contributed by atoms with Gasteiger partial charge < -0.3 is 4.74 Å². The molecule has 0 aliphatic carbocycles. The lowest BCUT2D eigenvalue weighted by Gasteiger charge is -2.13. The second-order valence-electron chi connectivity index (χ2n) is 5.59. The van der Waals surface area contributed by atoms with E-state index in [4.69, 9.17) is 4.74 Å². The summed E-state index contributed by atoms with van der Waals surface area (Å²) in [6.07, 6.45) is 0. The number of methoxy groups -OCH3 is 1. The molecule has 0 aliphatic heterocycles. The van der Waals surface area contributed by atoms with E-state index in [1.165, 1.54) is 7.11 Å². The standard InChI is InChI=1S/C18H18N2O3S/c1-12-7-10-16(23-3)17(11-12)24(21,22)20-15-6-4-5-14-9-8-13(2)19-18(14)15/h4-11,20H,1-3H3. The van der Waals surface area contributed by atoms with Gasteiger partial charge in [-0.2, -0.15) is 0 Å². The summed E-state index contributed by atoms with van der Waals surface area (Å²) in [7, 11) is -2.35. The van der Waals surface area contributed by atoms with E-state index < -0.39 is 10.0 Å². The van der Waals surface area contributed by atoms with Crippen molar-refractivity contribution in [2.45, 2.75) is 18.7 Å². The lowest BCUT2D eigenvalue weighted by atomic mass is 10.2. The molecule has 0 spiro atoms. The van der Waals surface area contributed by atoms with Gasteiger partial charge in [-0.25, -0.2) is 8.42 Å². The van der Waals surface area contributed by atoms with E-state index in [9.17, 15) is 8.42 Å². The van der Waals surface area contributed by atoms with Gasteiger partial charge in [0.25, 0.3) is 10.0 Å². The fourth-order valence-electron chi connectivity index (χ4n) is 2.52. The van der Waals surface area contributed by atoms with Crippen molar-refractivity contribution in [2.75, 3.05) is 11.8 Å². The van der Waals surface area contributed by atoms with Crippen LogP contribution >= 0.6 is 0 Å². The summed E-state index contributed by atoms with van der Waals surface area (Å²) >= 11 is 0. The topological polar surface area (TPSA) is 68.3 Å². The summed E-state index contributed by atoms with van der Waals surface area (Å²) in [5.74, 6) is 0.303. The fourth-order valence-corrected chi connectivity index (χ4v) is 3.84. The maximum atomic E-state index is 12.8. The molecule has 1 N–H and O–H groups in total. The molecule has 0 fully saturated rings. The molecule has 0 amide bonds. The average molecular weight is 342 g/mol. The number of sulfonamides is 1. The highest BCUT2D eigenvalue weighted by molar-refractivity contribution is 7.92. The quantitative estimate of drug-likeness (QED) is 0.785. The lowest BCUT2D eigenvalue weighted by molar-refractivity contribution is 0.402. The van der Waals surface area contributed by atoms with E-state index >= 15 is 0 Å². The number of nitrogens with one attached hydrogen (secondary N) is 1. The monoisotopic (exact) mass is 342 g/mol. The number of hydrogen-bond acceptors (Lipinski definition) is 4. The predicted octanol–water partition coefficient (Wildman–Crippen LogP) is 3.66. The number of hydrogen-bond donors (Lipinski definition) is 1. The van der Waals surface area contributed by atoms with Gasteiger partial charge >= 0.3 is 0 Å². The number of anilines is 1. The minimum Gasteiger partial charge on any atom is -0.495 e. The van der Waals surface area contributed by atoms with Crippen molar-refractivity contribution >= 4 is 26.6 Å². The number of para-hydroxylation sites is 1. The van der Waals surface area contributed by atoms with Crippen LogP contribution in [0.25, 0.3) is 10.9 Å². The third-order valence-electron chi connectivity index (χ3n) is 3.71. The average Bonchev–Trinajstić information content (AvgIpc) is 2.55. The van der Waals surface area contributed by atoms with Crippen LogP contribution in [0.3, 0.4) is 0 Å². The summed E-state index contributed by atoms with van der Waals surface area (Å²) in [5, 5.41) is 0.872. The molecule has 0 unspecified atom stereocenters. The molecule has 3 rings (SSSR count). The van der Waals surface area contributed by atoms with Gasteiger partial charge in [0, 0.05) is 11.1 Å². The van der Waals surface area contributed by atoms with Gasteiger partial charge in [0.15, 0.2) is 0 Å². The molecule has 0 saturated heterocycles. The zero-order valence-electron chi connectivity index (χ0n) is 13.7. The number of pyridine rings is 1. The Balaban J connectivity index is 2.11. The van der Waals surface area contributed by atoms with Crippen molar-refractivity contribution in [3.63, 3.8) is 0 Å². The summed E-state index contributed by atoms with van der Waals surface area (Å²) < 4.78 is 33.5. The number of aryl methyl sites for hydroxylation is 2. The van der Waals surface area contributed by atoms with Crippen LogP contribution in [-0.2, 0) is 10.0 Å². The Kier molecular flexibility index (Phi) is 4.15. The maximum Gasteiger partial charge on any atom is 0.265 e. The maximum absolute atomic E-state index is 12.8. The molecule has 3 aromatic rings. The number of fused-ring (bicyclic) bond motifs is 1. The van der Waals surface area contributed by atoms with E-state index in [0.717, 1.165) is 16.6 Å². The van der Waals surface area contributed by atoms with Crippen LogP contribution in [0.4, 0.5) is 5.69 Å². The molecule has 2 aromatic carbocycles. The van der Waals surface area contributed by atoms with Crippen LogP contribution in [-0.4, -0.2) is 20.5 Å². The fraction of sp³-hybridized carbons (Fsp3) is 0.167. The number of rotatable bonds is 4. The van der Waals surface area contributed by atoms with Gasteiger partial charge in [-0.15, -0.1) is 0 Å². The van der Waals surface area contributed by atoms with E-state index in [2.05, 4.69) is 9.71 Å². The molecule has 5 nitrogen and oxygen atoms in total. The number of aromatic nitrogens is 1. The first kappa shape index (κ1) is 16.3. The molecule has 1 aromatic heterocycles. The van der Waals surface area contributed by atoms with Crippen molar-refractivity contribution in [3.8, 4) is 5.75 Å². The van der Waals surface area contributed by atoms with Gasteiger partial charge in [-0.05, 0) is 43.7 Å². The summed E-state index contributed by atoms with van der Waals surface area (Å²) in [6.45, 7) is 3.70. The van der Waals surface area contributed by atoms with Crippen LogP contribution in [0.5, 0.6) is 5.75 Å². The van der Waals surface area contributed by atoms with Crippen LogP contribution < -0.4 is 9.46 Å². The zero-order chi connectivity index (χ0) is 17.3. The predicted molar refractivity (Wildman–Crippen MR) is 95.0 cm³/mol. The minimum atomic E-state index is -3.80. The molecule has 1 heterocycles. The molecular formula is C18H18N2O3S. The zero-order valence-corrected chi connectivity index (χ0v) is 14.5. The van der Waals surface area contributed by atoms with Crippen LogP contribution in [0, 0.1) is 13.8 Å².